The van der Waals surface area contributed by atoms with E-state index in [9.17, 15) is 4.79 Å². The van der Waals surface area contributed by atoms with E-state index in [2.05, 4.69) is 0 Å². The maximum absolute atomic E-state index is 12.9. The highest BCUT2D eigenvalue weighted by molar-refractivity contribution is 6.03. The molecule has 0 aliphatic heterocycles. The van der Waals surface area contributed by atoms with Crippen LogP contribution in [-0.4, -0.2) is 17.6 Å². The predicted octanol–water partition coefficient (Wildman–Crippen LogP) is 5.85. The Morgan fingerprint density at radius 1 is 0.929 bits per heavy atom. The summed E-state index contributed by atoms with van der Waals surface area (Å²) in [5.74, 6) is 0.109. The summed E-state index contributed by atoms with van der Waals surface area (Å²) < 4.78 is 11.0. The van der Waals surface area contributed by atoms with Crippen molar-refractivity contribution in [1.82, 2.24) is 4.98 Å². The Morgan fingerprint density at radius 3 is 2.21 bits per heavy atom. The van der Waals surface area contributed by atoms with E-state index >= 15 is 0 Å². The summed E-state index contributed by atoms with van der Waals surface area (Å²) in [6.07, 6.45) is 1.57. The van der Waals surface area contributed by atoms with Gasteiger partial charge in [0.25, 0.3) is 0 Å². The third-order valence-corrected chi connectivity index (χ3v) is 4.41. The average molecular weight is 369 g/mol. The third kappa shape index (κ3) is 3.45. The molecule has 0 N–H and O–H groups in total. The smallest absolute Gasteiger partial charge is 0.341 e. The lowest BCUT2D eigenvalue weighted by Gasteiger charge is -2.15. The number of aromatic nitrogens is 1. The summed E-state index contributed by atoms with van der Waals surface area (Å²) in [7, 11) is 0. The van der Waals surface area contributed by atoms with E-state index < -0.39 is 5.97 Å². The molecule has 0 spiro atoms. The van der Waals surface area contributed by atoms with Crippen LogP contribution in [0.5, 0.6) is 0 Å². The van der Waals surface area contributed by atoms with Gasteiger partial charge in [-0.25, -0.2) is 9.78 Å². The van der Waals surface area contributed by atoms with Gasteiger partial charge in [-0.3, -0.25) is 0 Å². The Labute approximate surface area is 163 Å². The first kappa shape index (κ1) is 17.7. The third-order valence-electron chi connectivity index (χ3n) is 4.41. The van der Waals surface area contributed by atoms with Crippen molar-refractivity contribution in [1.29, 1.82) is 0 Å². The van der Waals surface area contributed by atoms with Crippen LogP contribution in [0.4, 0.5) is 0 Å². The second-order valence-corrected chi connectivity index (χ2v) is 6.21. The van der Waals surface area contributed by atoms with Crippen molar-refractivity contribution in [3.8, 4) is 33.8 Å². The van der Waals surface area contributed by atoms with E-state index in [0.29, 0.717) is 17.0 Å². The van der Waals surface area contributed by atoms with Crippen LogP contribution >= 0.6 is 0 Å². The van der Waals surface area contributed by atoms with Gasteiger partial charge in [-0.2, -0.15) is 0 Å². The molecule has 0 saturated heterocycles. The van der Waals surface area contributed by atoms with Crippen molar-refractivity contribution in [2.24, 2.45) is 0 Å². The van der Waals surface area contributed by atoms with Crippen LogP contribution in [0.3, 0.4) is 0 Å². The predicted molar refractivity (Wildman–Crippen MR) is 109 cm³/mol. The fraction of sp³-hybridized carbons (Fsp3) is 0.0833. The lowest BCUT2D eigenvalue weighted by molar-refractivity contribution is 0.0527. The summed E-state index contributed by atoms with van der Waals surface area (Å²) >= 11 is 0. The van der Waals surface area contributed by atoms with Crippen molar-refractivity contribution in [2.45, 2.75) is 6.92 Å². The van der Waals surface area contributed by atoms with Crippen molar-refractivity contribution < 1.29 is 13.9 Å². The molecule has 28 heavy (non-hydrogen) atoms. The summed E-state index contributed by atoms with van der Waals surface area (Å²) in [5, 5.41) is 0. The highest BCUT2D eigenvalue weighted by Crippen LogP contribution is 2.35. The monoisotopic (exact) mass is 369 g/mol. The van der Waals surface area contributed by atoms with Crippen LogP contribution in [-0.2, 0) is 4.74 Å². The highest BCUT2D eigenvalue weighted by Gasteiger charge is 2.24. The van der Waals surface area contributed by atoms with Gasteiger partial charge in [-0.1, -0.05) is 60.7 Å². The SMILES string of the molecule is CCOC(=O)c1c(-c2ccccc2)cc(-c2ccccc2)nc1-c1ccco1. The number of carbonyl (C=O) groups is 1. The number of nitrogens with zero attached hydrogens (tertiary/aromatic N) is 1. The minimum atomic E-state index is -0.417. The molecule has 0 radical (unpaired) electrons. The maximum atomic E-state index is 12.9. The van der Waals surface area contributed by atoms with E-state index in [0.717, 1.165) is 22.4 Å². The molecule has 2 aromatic carbocycles. The Bertz CT molecular complexity index is 1070. The van der Waals surface area contributed by atoms with Gasteiger partial charge >= 0.3 is 5.97 Å². The number of pyridine rings is 1. The highest BCUT2D eigenvalue weighted by atomic mass is 16.5. The van der Waals surface area contributed by atoms with E-state index in [1.54, 1.807) is 25.3 Å². The van der Waals surface area contributed by atoms with Gasteiger partial charge < -0.3 is 9.15 Å². The van der Waals surface area contributed by atoms with Crippen molar-refractivity contribution >= 4 is 5.97 Å². The largest absolute Gasteiger partial charge is 0.463 e. The molecule has 2 heterocycles. The van der Waals surface area contributed by atoms with Gasteiger partial charge in [0.15, 0.2) is 5.76 Å². The van der Waals surface area contributed by atoms with Gasteiger partial charge in [0.05, 0.1) is 24.1 Å². The fourth-order valence-corrected chi connectivity index (χ4v) is 3.15. The molecule has 0 aliphatic carbocycles. The first-order chi connectivity index (χ1) is 13.8. The molecule has 0 bridgehead atoms. The van der Waals surface area contributed by atoms with Gasteiger partial charge in [0.1, 0.15) is 5.69 Å². The molecule has 0 saturated carbocycles. The molecule has 4 aromatic rings. The van der Waals surface area contributed by atoms with Crippen LogP contribution in [0.25, 0.3) is 33.8 Å². The van der Waals surface area contributed by atoms with Crippen molar-refractivity contribution in [3.05, 3.63) is 90.7 Å². The number of hydrogen-bond donors (Lipinski definition) is 0. The zero-order valence-corrected chi connectivity index (χ0v) is 15.5. The van der Waals surface area contributed by atoms with E-state index in [1.165, 1.54) is 0 Å². The second-order valence-electron chi connectivity index (χ2n) is 6.21. The summed E-state index contributed by atoms with van der Waals surface area (Å²) in [5.41, 5.74) is 4.28. The van der Waals surface area contributed by atoms with Crippen LogP contribution in [0.2, 0.25) is 0 Å². The molecule has 4 nitrogen and oxygen atoms in total. The second kappa shape index (κ2) is 7.92. The zero-order chi connectivity index (χ0) is 19.3. The summed E-state index contributed by atoms with van der Waals surface area (Å²) in [6.45, 7) is 2.07. The van der Waals surface area contributed by atoms with Crippen LogP contribution in [0, 0.1) is 0 Å². The molecule has 138 valence electrons. The van der Waals surface area contributed by atoms with Gasteiger partial charge in [0.2, 0.25) is 0 Å². The molecule has 2 aromatic heterocycles. The minimum Gasteiger partial charge on any atom is -0.463 e. The standard InChI is InChI=1S/C24H19NO3/c1-2-27-24(26)22-19(17-10-5-3-6-11-17)16-20(18-12-7-4-8-13-18)25-23(22)21-14-9-15-28-21/h3-16H,2H2,1H3. The van der Waals surface area contributed by atoms with E-state index in [4.69, 9.17) is 14.1 Å². The van der Waals surface area contributed by atoms with Gasteiger partial charge in [-0.15, -0.1) is 0 Å². The lowest BCUT2D eigenvalue weighted by atomic mass is 9.95. The molecule has 0 aliphatic rings. The van der Waals surface area contributed by atoms with Gasteiger partial charge in [0, 0.05) is 11.1 Å². The number of furan rings is 1. The Morgan fingerprint density at radius 2 is 1.61 bits per heavy atom. The molecule has 0 amide bonds. The normalized spacial score (nSPS) is 10.6. The average Bonchev–Trinajstić information content (AvgIpc) is 3.29. The topological polar surface area (TPSA) is 52.3 Å². The first-order valence-corrected chi connectivity index (χ1v) is 9.15. The molecule has 0 atom stereocenters. The Kier molecular flexibility index (Phi) is 5.02. The van der Waals surface area contributed by atoms with Crippen molar-refractivity contribution in [2.75, 3.05) is 6.61 Å². The Balaban J connectivity index is 2.03. The van der Waals surface area contributed by atoms with Crippen LogP contribution in [0.1, 0.15) is 17.3 Å². The van der Waals surface area contributed by atoms with Crippen LogP contribution < -0.4 is 0 Å². The molecule has 0 fully saturated rings. The number of rotatable bonds is 5. The maximum Gasteiger partial charge on any atom is 0.341 e. The molecule has 0 unspecified atom stereocenters. The van der Waals surface area contributed by atoms with E-state index in [1.807, 2.05) is 66.7 Å². The van der Waals surface area contributed by atoms with Crippen molar-refractivity contribution in [3.63, 3.8) is 0 Å². The molecule has 4 rings (SSSR count). The molecule has 4 heteroatoms. The quantitative estimate of drug-likeness (QED) is 0.414. The van der Waals surface area contributed by atoms with Crippen LogP contribution in [0.15, 0.2) is 89.5 Å². The number of ether oxygens (including phenoxy) is 1. The zero-order valence-electron chi connectivity index (χ0n) is 15.5. The lowest BCUT2D eigenvalue weighted by Crippen LogP contribution is -2.10. The number of benzene rings is 2. The summed E-state index contributed by atoms with van der Waals surface area (Å²) in [4.78, 5) is 17.7. The minimum absolute atomic E-state index is 0.283. The summed E-state index contributed by atoms with van der Waals surface area (Å²) in [6, 6.07) is 25.2. The molecular weight excluding hydrogens is 350 g/mol. The first-order valence-electron chi connectivity index (χ1n) is 9.15. The Hall–Kier alpha value is -3.66. The fourth-order valence-electron chi connectivity index (χ4n) is 3.15. The van der Waals surface area contributed by atoms with E-state index in [-0.39, 0.29) is 6.61 Å². The number of esters is 1. The number of hydrogen-bond acceptors (Lipinski definition) is 4. The number of carbonyl (C=O) groups excluding carboxylic acids is 1. The molecular formula is C24H19NO3. The van der Waals surface area contributed by atoms with Gasteiger partial charge in [-0.05, 0) is 30.7 Å².